The van der Waals surface area contributed by atoms with Crippen LogP contribution in [0.2, 0.25) is 0 Å². The average Bonchev–Trinajstić information content (AvgIpc) is 2.56. The van der Waals surface area contributed by atoms with E-state index in [-0.39, 0.29) is 48.8 Å². The fourth-order valence-electron chi connectivity index (χ4n) is 3.18. The maximum Gasteiger partial charge on any atom is 1.00 e. The van der Waals surface area contributed by atoms with Gasteiger partial charge in [0, 0.05) is 18.1 Å². The van der Waals surface area contributed by atoms with Crippen LogP contribution in [0.15, 0.2) is 24.3 Å². The second-order valence-corrected chi connectivity index (χ2v) is 10.6. The van der Waals surface area contributed by atoms with E-state index in [9.17, 15) is 9.46 Å². The standard InChI is InChI=1S/C19H32NO8P.Na.H/c1-16(2,3)12-24-13-18(17(4,5)6)19(23-7,27-26-18)14-9-8-10-15(11-14)25-29(21,22)28-20;;/h8-11H,12-13,20H2,1-7H3,(H,21,22);;/q;+1;-1. The van der Waals surface area contributed by atoms with Gasteiger partial charge in [-0.3, -0.25) is 4.89 Å². The summed E-state index contributed by atoms with van der Waals surface area (Å²) < 4.78 is 32.5. The Morgan fingerprint density at radius 1 is 1.20 bits per heavy atom. The van der Waals surface area contributed by atoms with Gasteiger partial charge < -0.3 is 15.4 Å². The van der Waals surface area contributed by atoms with Crippen molar-refractivity contribution in [3.63, 3.8) is 0 Å². The number of hydrogen-bond donors (Lipinski definition) is 2. The average molecular weight is 457 g/mol. The Balaban J connectivity index is 0.00000450. The molecule has 1 fully saturated rings. The van der Waals surface area contributed by atoms with E-state index in [1.165, 1.54) is 19.2 Å². The molecule has 30 heavy (non-hydrogen) atoms. The van der Waals surface area contributed by atoms with Gasteiger partial charge in [0.25, 0.3) is 5.79 Å². The van der Waals surface area contributed by atoms with Crippen molar-refractivity contribution in [3.05, 3.63) is 29.8 Å². The quantitative estimate of drug-likeness (QED) is 0.253. The number of hydrogen-bond acceptors (Lipinski definition) is 8. The largest absolute Gasteiger partial charge is 1.00 e. The zero-order valence-electron chi connectivity index (χ0n) is 20.1. The van der Waals surface area contributed by atoms with Gasteiger partial charge in [0.2, 0.25) is 0 Å². The Labute approximate surface area is 201 Å². The Morgan fingerprint density at radius 2 is 1.83 bits per heavy atom. The Morgan fingerprint density at radius 3 is 2.27 bits per heavy atom. The topological polar surface area (TPSA) is 119 Å². The van der Waals surface area contributed by atoms with Crippen molar-refractivity contribution >= 4 is 7.82 Å². The Bertz CT molecular complexity index is 768. The summed E-state index contributed by atoms with van der Waals surface area (Å²) in [5.74, 6) is 3.54. The number of ether oxygens (including phenoxy) is 2. The molecule has 11 heteroatoms. The van der Waals surface area contributed by atoms with Gasteiger partial charge in [0.1, 0.15) is 5.75 Å². The zero-order chi connectivity index (χ0) is 22.1. The number of phosphoric ester groups is 1. The first-order valence-electron chi connectivity index (χ1n) is 9.23. The fraction of sp³-hybridized carbons (Fsp3) is 0.684. The molecule has 1 aromatic carbocycles. The van der Waals surface area contributed by atoms with Crippen molar-refractivity contribution in [1.82, 2.24) is 0 Å². The van der Waals surface area contributed by atoms with Crippen molar-refractivity contribution in [2.75, 3.05) is 20.3 Å². The van der Waals surface area contributed by atoms with Gasteiger partial charge in [-0.1, -0.05) is 53.7 Å². The predicted molar refractivity (Wildman–Crippen MR) is 107 cm³/mol. The number of methoxy groups -OCH3 is 1. The van der Waals surface area contributed by atoms with E-state index in [0.717, 1.165) is 0 Å². The fourth-order valence-corrected chi connectivity index (χ4v) is 3.61. The van der Waals surface area contributed by atoms with Crippen LogP contribution in [0.5, 0.6) is 5.75 Å². The summed E-state index contributed by atoms with van der Waals surface area (Å²) in [6.07, 6.45) is 0. The van der Waals surface area contributed by atoms with Crippen LogP contribution in [-0.2, 0) is 34.2 Å². The smallest absolute Gasteiger partial charge is 1.00 e. The molecule has 9 nitrogen and oxygen atoms in total. The molecular formula is C19H33NNaO8P. The molecule has 1 aliphatic rings. The van der Waals surface area contributed by atoms with Gasteiger partial charge in [-0.05, 0) is 17.5 Å². The molecule has 1 aromatic rings. The molecule has 1 aliphatic heterocycles. The van der Waals surface area contributed by atoms with Crippen molar-refractivity contribution in [2.24, 2.45) is 16.7 Å². The number of benzene rings is 1. The van der Waals surface area contributed by atoms with Gasteiger partial charge in [-0.25, -0.2) is 15.3 Å². The maximum atomic E-state index is 11.7. The van der Waals surface area contributed by atoms with Crippen molar-refractivity contribution in [3.8, 4) is 5.75 Å². The van der Waals surface area contributed by atoms with Gasteiger partial charge in [0.05, 0.1) is 13.2 Å². The Kier molecular flexibility index (Phi) is 9.19. The second kappa shape index (κ2) is 9.85. The third kappa shape index (κ3) is 5.66. The molecule has 0 aromatic heterocycles. The maximum absolute atomic E-state index is 11.7. The van der Waals surface area contributed by atoms with E-state index < -0.39 is 24.6 Å². The van der Waals surface area contributed by atoms with Crippen molar-refractivity contribution in [1.29, 1.82) is 0 Å². The van der Waals surface area contributed by atoms with E-state index in [2.05, 4.69) is 25.4 Å². The SMILES string of the molecule is COC1(c2cccc(OP(=O)(O)ON)c2)OOC1(COCC(C)(C)C)C(C)(C)C.[H-].[Na+]. The second-order valence-electron chi connectivity index (χ2n) is 9.31. The van der Waals surface area contributed by atoms with Crippen LogP contribution in [0, 0.1) is 10.8 Å². The van der Waals surface area contributed by atoms with Gasteiger partial charge >= 0.3 is 37.4 Å². The summed E-state index contributed by atoms with van der Waals surface area (Å²) in [7, 11) is -2.93. The normalized spacial score (nSPS) is 26.3. The van der Waals surface area contributed by atoms with Crippen LogP contribution >= 0.6 is 7.82 Å². The minimum atomic E-state index is -4.43. The summed E-state index contributed by atoms with van der Waals surface area (Å²) in [6.45, 7) is 12.9. The van der Waals surface area contributed by atoms with Crippen LogP contribution < -0.4 is 40.0 Å². The molecule has 1 heterocycles. The van der Waals surface area contributed by atoms with Crippen molar-refractivity contribution < 1.29 is 68.8 Å². The molecule has 0 radical (unpaired) electrons. The zero-order valence-corrected chi connectivity index (χ0v) is 21.9. The summed E-state index contributed by atoms with van der Waals surface area (Å²) in [6, 6.07) is 6.38. The summed E-state index contributed by atoms with van der Waals surface area (Å²) in [5, 5.41) is 0. The minimum absolute atomic E-state index is 0. The molecule has 0 saturated carbocycles. The van der Waals surface area contributed by atoms with Crippen LogP contribution in [0.4, 0.5) is 0 Å². The number of phosphoric acid groups is 1. The predicted octanol–water partition coefficient (Wildman–Crippen LogP) is 0.781. The van der Waals surface area contributed by atoms with E-state index in [1.54, 1.807) is 12.1 Å². The molecule has 0 bridgehead atoms. The summed E-state index contributed by atoms with van der Waals surface area (Å²) in [4.78, 5) is 20.7. The molecule has 0 spiro atoms. The first kappa shape index (κ1) is 28.0. The van der Waals surface area contributed by atoms with Crippen LogP contribution in [-0.4, -0.2) is 30.8 Å². The number of nitrogens with two attached hydrogens (primary N) is 1. The number of rotatable bonds is 8. The van der Waals surface area contributed by atoms with Gasteiger partial charge in [-0.15, -0.1) is 0 Å². The molecule has 3 atom stereocenters. The van der Waals surface area contributed by atoms with Gasteiger partial charge in [-0.2, -0.15) is 9.51 Å². The molecule has 0 aliphatic carbocycles. The monoisotopic (exact) mass is 457 g/mol. The molecule has 3 N–H and O–H groups in total. The van der Waals surface area contributed by atoms with E-state index in [4.69, 9.17) is 29.7 Å². The van der Waals surface area contributed by atoms with E-state index in [1.807, 2.05) is 20.8 Å². The molecular weight excluding hydrogens is 424 g/mol. The van der Waals surface area contributed by atoms with Crippen LogP contribution in [0.3, 0.4) is 0 Å². The van der Waals surface area contributed by atoms with E-state index in [0.29, 0.717) is 12.2 Å². The first-order chi connectivity index (χ1) is 13.2. The molecule has 168 valence electrons. The Hall–Kier alpha value is -0.0300. The third-order valence-electron chi connectivity index (χ3n) is 4.74. The molecule has 0 amide bonds. The molecule has 3 unspecified atom stereocenters. The van der Waals surface area contributed by atoms with E-state index >= 15 is 0 Å². The van der Waals surface area contributed by atoms with Gasteiger partial charge in [0.15, 0.2) is 5.60 Å². The molecule has 2 rings (SSSR count). The molecule has 1 saturated heterocycles. The summed E-state index contributed by atoms with van der Waals surface area (Å²) in [5.41, 5.74) is -0.957. The summed E-state index contributed by atoms with van der Waals surface area (Å²) >= 11 is 0. The van der Waals surface area contributed by atoms with Crippen LogP contribution in [0.25, 0.3) is 0 Å². The van der Waals surface area contributed by atoms with Crippen LogP contribution in [0.1, 0.15) is 48.5 Å². The third-order valence-corrected chi connectivity index (χ3v) is 5.45. The first-order valence-corrected chi connectivity index (χ1v) is 10.7. The minimum Gasteiger partial charge on any atom is -1.00 e. The van der Waals surface area contributed by atoms with Crippen molar-refractivity contribution in [2.45, 2.75) is 52.9 Å².